The van der Waals surface area contributed by atoms with E-state index in [1.165, 1.54) is 19.3 Å². The molecule has 0 unspecified atom stereocenters. The van der Waals surface area contributed by atoms with Gasteiger partial charge in [-0.05, 0) is 25.8 Å². The van der Waals surface area contributed by atoms with Crippen molar-refractivity contribution in [2.75, 3.05) is 6.54 Å². The number of aromatic nitrogens is 5. The highest BCUT2D eigenvalue weighted by molar-refractivity contribution is 4.88. The summed E-state index contributed by atoms with van der Waals surface area (Å²) in [6, 6.07) is 0.460. The van der Waals surface area contributed by atoms with Crippen molar-refractivity contribution in [3.05, 3.63) is 24.4 Å². The minimum absolute atomic E-state index is 0.460. The number of piperidine rings is 1. The highest BCUT2D eigenvalue weighted by Crippen LogP contribution is 2.20. The van der Waals surface area contributed by atoms with E-state index in [1.54, 1.807) is 12.7 Å². The average Bonchev–Trinajstić information content (AvgIpc) is 3.14. The van der Waals surface area contributed by atoms with Crippen LogP contribution >= 0.6 is 0 Å². The van der Waals surface area contributed by atoms with Gasteiger partial charge in [0.1, 0.15) is 12.7 Å². The summed E-state index contributed by atoms with van der Waals surface area (Å²) in [4.78, 5) is 10.9. The van der Waals surface area contributed by atoms with E-state index < -0.39 is 0 Å². The van der Waals surface area contributed by atoms with Gasteiger partial charge in [-0.15, -0.1) is 0 Å². The summed E-state index contributed by atoms with van der Waals surface area (Å²) in [5.41, 5.74) is 0. The SMILES string of the molecule is CCCc1noc(CN2CCCC[C@@H]2Cn2cncn2)n1. The van der Waals surface area contributed by atoms with Gasteiger partial charge in [-0.1, -0.05) is 18.5 Å². The van der Waals surface area contributed by atoms with Crippen LogP contribution in [0.3, 0.4) is 0 Å². The van der Waals surface area contributed by atoms with Gasteiger partial charge in [0.05, 0.1) is 13.1 Å². The molecule has 1 aliphatic heterocycles. The van der Waals surface area contributed by atoms with Crippen LogP contribution in [0.2, 0.25) is 0 Å². The predicted molar refractivity (Wildman–Crippen MR) is 76.4 cm³/mol. The minimum atomic E-state index is 0.460. The summed E-state index contributed by atoms with van der Waals surface area (Å²) in [7, 11) is 0. The molecule has 21 heavy (non-hydrogen) atoms. The molecule has 0 spiro atoms. The Morgan fingerprint density at radius 3 is 3.14 bits per heavy atom. The summed E-state index contributed by atoms with van der Waals surface area (Å²) >= 11 is 0. The molecule has 1 aliphatic rings. The van der Waals surface area contributed by atoms with E-state index in [-0.39, 0.29) is 0 Å². The fourth-order valence-electron chi connectivity index (χ4n) is 2.87. The third-order valence-corrected chi connectivity index (χ3v) is 3.94. The lowest BCUT2D eigenvalue weighted by molar-refractivity contribution is 0.108. The number of hydrogen-bond acceptors (Lipinski definition) is 6. The monoisotopic (exact) mass is 290 g/mol. The molecule has 0 radical (unpaired) electrons. The van der Waals surface area contributed by atoms with Crippen molar-refractivity contribution < 1.29 is 4.52 Å². The van der Waals surface area contributed by atoms with Crippen LogP contribution in [0.1, 0.15) is 44.3 Å². The molecule has 1 atom stereocenters. The minimum Gasteiger partial charge on any atom is -0.338 e. The Balaban J connectivity index is 1.63. The summed E-state index contributed by atoms with van der Waals surface area (Å²) < 4.78 is 7.27. The molecule has 0 amide bonds. The van der Waals surface area contributed by atoms with Crippen LogP contribution < -0.4 is 0 Å². The van der Waals surface area contributed by atoms with Crippen LogP contribution in [-0.2, 0) is 19.5 Å². The fourth-order valence-corrected chi connectivity index (χ4v) is 2.87. The standard InChI is InChI=1S/C14H22N6O/c1-2-5-13-17-14(21-18-13)9-19-7-4-3-6-12(19)8-20-11-15-10-16-20/h10-12H,2-9H2,1H3/t12-/m1/s1. The molecule has 0 aromatic carbocycles. The van der Waals surface area contributed by atoms with Gasteiger partial charge in [-0.3, -0.25) is 9.58 Å². The topological polar surface area (TPSA) is 72.9 Å². The van der Waals surface area contributed by atoms with Crippen molar-refractivity contribution in [2.24, 2.45) is 0 Å². The van der Waals surface area contributed by atoms with Crippen molar-refractivity contribution in [1.82, 2.24) is 29.8 Å². The lowest BCUT2D eigenvalue weighted by Crippen LogP contribution is -2.41. The first-order valence-electron chi connectivity index (χ1n) is 7.73. The molecule has 0 bridgehead atoms. The Hall–Kier alpha value is -1.76. The molecule has 0 saturated carbocycles. The van der Waals surface area contributed by atoms with Crippen molar-refractivity contribution >= 4 is 0 Å². The van der Waals surface area contributed by atoms with Gasteiger partial charge in [0.15, 0.2) is 5.82 Å². The van der Waals surface area contributed by atoms with E-state index in [0.29, 0.717) is 6.04 Å². The summed E-state index contributed by atoms with van der Waals surface area (Å²) in [5, 5.41) is 8.24. The molecule has 7 heteroatoms. The normalized spacial score (nSPS) is 20.0. The first-order valence-corrected chi connectivity index (χ1v) is 7.73. The van der Waals surface area contributed by atoms with Crippen molar-refractivity contribution in [3.63, 3.8) is 0 Å². The molecular formula is C14H22N6O. The molecular weight excluding hydrogens is 268 g/mol. The predicted octanol–water partition coefficient (Wildman–Crippen LogP) is 1.67. The average molecular weight is 290 g/mol. The third kappa shape index (κ3) is 3.66. The first-order chi connectivity index (χ1) is 10.3. The van der Waals surface area contributed by atoms with Crippen LogP contribution in [-0.4, -0.2) is 42.4 Å². The maximum absolute atomic E-state index is 5.37. The Bertz CT molecular complexity index is 537. The molecule has 3 rings (SSSR count). The first kappa shape index (κ1) is 14.2. The van der Waals surface area contributed by atoms with Gasteiger partial charge < -0.3 is 4.52 Å². The van der Waals surface area contributed by atoms with E-state index in [2.05, 4.69) is 32.0 Å². The van der Waals surface area contributed by atoms with E-state index >= 15 is 0 Å². The Morgan fingerprint density at radius 1 is 1.38 bits per heavy atom. The van der Waals surface area contributed by atoms with E-state index in [9.17, 15) is 0 Å². The van der Waals surface area contributed by atoms with Crippen LogP contribution in [0, 0.1) is 0 Å². The highest BCUT2D eigenvalue weighted by atomic mass is 16.5. The number of hydrogen-bond donors (Lipinski definition) is 0. The Morgan fingerprint density at radius 2 is 2.33 bits per heavy atom. The molecule has 3 heterocycles. The van der Waals surface area contributed by atoms with Crippen LogP contribution in [0.25, 0.3) is 0 Å². The molecule has 1 fully saturated rings. The second-order valence-electron chi connectivity index (χ2n) is 5.59. The quantitative estimate of drug-likeness (QED) is 0.805. The number of nitrogens with zero attached hydrogens (tertiary/aromatic N) is 6. The number of aryl methyl sites for hydroxylation is 1. The van der Waals surface area contributed by atoms with Crippen molar-refractivity contribution in [3.8, 4) is 0 Å². The zero-order valence-corrected chi connectivity index (χ0v) is 12.5. The molecule has 2 aromatic rings. The Kier molecular flexibility index (Phi) is 4.59. The van der Waals surface area contributed by atoms with E-state index in [0.717, 1.165) is 44.2 Å². The molecule has 7 nitrogen and oxygen atoms in total. The van der Waals surface area contributed by atoms with Crippen LogP contribution in [0.5, 0.6) is 0 Å². The summed E-state index contributed by atoms with van der Waals surface area (Å²) in [6.45, 7) is 4.80. The second kappa shape index (κ2) is 6.80. The van der Waals surface area contributed by atoms with E-state index in [1.807, 2.05) is 4.68 Å². The van der Waals surface area contributed by atoms with E-state index in [4.69, 9.17) is 4.52 Å². The summed E-state index contributed by atoms with van der Waals surface area (Å²) in [5.74, 6) is 1.54. The van der Waals surface area contributed by atoms with Gasteiger partial charge >= 0.3 is 0 Å². The molecule has 1 saturated heterocycles. The van der Waals surface area contributed by atoms with Gasteiger partial charge in [0.2, 0.25) is 5.89 Å². The lowest BCUT2D eigenvalue weighted by Gasteiger charge is -2.34. The van der Waals surface area contributed by atoms with Crippen molar-refractivity contribution in [1.29, 1.82) is 0 Å². The van der Waals surface area contributed by atoms with Gasteiger partial charge in [0, 0.05) is 12.5 Å². The molecule has 2 aromatic heterocycles. The van der Waals surface area contributed by atoms with Crippen molar-refractivity contribution in [2.45, 2.75) is 58.2 Å². The van der Waals surface area contributed by atoms with Gasteiger partial charge in [-0.25, -0.2) is 4.98 Å². The van der Waals surface area contributed by atoms with Gasteiger partial charge in [-0.2, -0.15) is 10.1 Å². The lowest BCUT2D eigenvalue weighted by atomic mass is 10.0. The smallest absolute Gasteiger partial charge is 0.240 e. The highest BCUT2D eigenvalue weighted by Gasteiger charge is 2.24. The second-order valence-corrected chi connectivity index (χ2v) is 5.59. The third-order valence-electron chi connectivity index (χ3n) is 3.94. The Labute approximate surface area is 124 Å². The molecule has 114 valence electrons. The zero-order valence-electron chi connectivity index (χ0n) is 12.5. The number of likely N-dealkylation sites (tertiary alicyclic amines) is 1. The van der Waals surface area contributed by atoms with Crippen LogP contribution in [0.15, 0.2) is 17.2 Å². The molecule has 0 aliphatic carbocycles. The van der Waals surface area contributed by atoms with Crippen LogP contribution in [0.4, 0.5) is 0 Å². The number of rotatable bonds is 6. The fraction of sp³-hybridized carbons (Fsp3) is 0.714. The maximum Gasteiger partial charge on any atom is 0.240 e. The zero-order chi connectivity index (χ0) is 14.5. The largest absolute Gasteiger partial charge is 0.338 e. The maximum atomic E-state index is 5.37. The van der Waals surface area contributed by atoms with Gasteiger partial charge in [0.25, 0.3) is 0 Å². The summed E-state index contributed by atoms with van der Waals surface area (Å²) in [6.07, 6.45) is 8.95. The molecule has 0 N–H and O–H groups in total.